The summed E-state index contributed by atoms with van der Waals surface area (Å²) in [6.07, 6.45) is -4.20. The van der Waals surface area contributed by atoms with Gasteiger partial charge in [-0.3, -0.25) is 0 Å². The van der Waals surface area contributed by atoms with E-state index in [-0.39, 0.29) is 11.4 Å². The van der Waals surface area contributed by atoms with Crippen LogP contribution in [0.4, 0.5) is 13.2 Å². The van der Waals surface area contributed by atoms with Crippen molar-refractivity contribution in [1.82, 2.24) is 4.72 Å². The van der Waals surface area contributed by atoms with Gasteiger partial charge in [0.05, 0.1) is 10.5 Å². The molecule has 0 aliphatic rings. The summed E-state index contributed by atoms with van der Waals surface area (Å²) in [5.41, 5.74) is -0.153. The Morgan fingerprint density at radius 2 is 1.63 bits per heavy atom. The smallest absolute Gasteiger partial charge is 0.416 e. The molecule has 0 spiro atoms. The largest absolute Gasteiger partial charge is 0.482 e. The number of sulfonamides is 1. The zero-order chi connectivity index (χ0) is 20.1. The molecule has 0 aliphatic heterocycles. The maximum absolute atomic E-state index is 12.5. The third kappa shape index (κ3) is 6.26. The Hall–Kier alpha value is -2.59. The van der Waals surface area contributed by atoms with Gasteiger partial charge in [0.25, 0.3) is 0 Å². The third-order valence-electron chi connectivity index (χ3n) is 3.48. The number of carbonyl (C=O) groups is 1. The first-order valence-corrected chi connectivity index (χ1v) is 9.17. The van der Waals surface area contributed by atoms with Crippen molar-refractivity contribution in [2.75, 3.05) is 13.2 Å². The van der Waals surface area contributed by atoms with Gasteiger partial charge in [0, 0.05) is 6.54 Å². The maximum atomic E-state index is 12.5. The lowest BCUT2D eigenvalue weighted by atomic mass is 10.1. The van der Waals surface area contributed by atoms with Crippen LogP contribution in [0, 0.1) is 0 Å². The third-order valence-corrected chi connectivity index (χ3v) is 4.96. The molecule has 2 aromatic rings. The highest BCUT2D eigenvalue weighted by molar-refractivity contribution is 7.89. The Balaban J connectivity index is 1.91. The fourth-order valence-electron chi connectivity index (χ4n) is 2.13. The molecular weight excluding hydrogens is 387 g/mol. The summed E-state index contributed by atoms with van der Waals surface area (Å²) in [5.74, 6) is -0.733. The Bertz CT molecular complexity index is 878. The van der Waals surface area contributed by atoms with Crippen LogP contribution in [0.3, 0.4) is 0 Å². The van der Waals surface area contributed by atoms with E-state index in [9.17, 15) is 26.4 Å². The second-order valence-electron chi connectivity index (χ2n) is 5.50. The number of carboxylic acids is 1. The minimum atomic E-state index is -4.53. The summed E-state index contributed by atoms with van der Waals surface area (Å²) < 4.78 is 69.1. The number of hydrogen-bond acceptors (Lipinski definition) is 4. The molecule has 2 rings (SSSR count). The first kappa shape index (κ1) is 20.7. The molecule has 10 heteroatoms. The van der Waals surface area contributed by atoms with Crippen molar-refractivity contribution in [2.24, 2.45) is 0 Å². The van der Waals surface area contributed by atoms with E-state index in [0.29, 0.717) is 24.3 Å². The fraction of sp³-hybridized carbons (Fsp3) is 0.235. The molecule has 0 bridgehead atoms. The number of hydrogen-bond donors (Lipinski definition) is 2. The number of carboxylic acid groups (broad SMARTS) is 1. The average molecular weight is 403 g/mol. The van der Waals surface area contributed by atoms with E-state index in [0.717, 1.165) is 17.7 Å². The molecule has 2 aromatic carbocycles. The Morgan fingerprint density at radius 1 is 1.04 bits per heavy atom. The van der Waals surface area contributed by atoms with E-state index in [1.54, 1.807) is 24.3 Å². The minimum Gasteiger partial charge on any atom is -0.482 e. The topological polar surface area (TPSA) is 92.7 Å². The number of rotatable bonds is 8. The summed E-state index contributed by atoms with van der Waals surface area (Å²) in [7, 11) is -3.93. The normalized spacial score (nSPS) is 12.0. The molecule has 0 fully saturated rings. The Labute approximate surface area is 153 Å². The van der Waals surface area contributed by atoms with E-state index in [2.05, 4.69) is 4.72 Å². The average Bonchev–Trinajstić information content (AvgIpc) is 2.60. The van der Waals surface area contributed by atoms with Crippen molar-refractivity contribution >= 4 is 16.0 Å². The van der Waals surface area contributed by atoms with Crippen LogP contribution in [0.15, 0.2) is 53.4 Å². The predicted octanol–water partition coefficient (Wildman–Crippen LogP) is 2.69. The van der Waals surface area contributed by atoms with Gasteiger partial charge >= 0.3 is 12.1 Å². The van der Waals surface area contributed by atoms with Crippen molar-refractivity contribution in [1.29, 1.82) is 0 Å². The number of ether oxygens (including phenoxy) is 1. The SMILES string of the molecule is O=C(O)COc1ccc(CCNS(=O)(=O)c2ccc(C(F)(F)F)cc2)cc1. The van der Waals surface area contributed by atoms with Crippen LogP contribution in [0.5, 0.6) is 5.75 Å². The van der Waals surface area contributed by atoms with Gasteiger partial charge in [-0.25, -0.2) is 17.9 Å². The highest BCUT2D eigenvalue weighted by atomic mass is 32.2. The highest BCUT2D eigenvalue weighted by Gasteiger charge is 2.30. The van der Waals surface area contributed by atoms with Crippen molar-refractivity contribution < 1.29 is 36.2 Å². The van der Waals surface area contributed by atoms with Crippen LogP contribution in [0.1, 0.15) is 11.1 Å². The van der Waals surface area contributed by atoms with E-state index in [1.807, 2.05) is 0 Å². The molecule has 27 heavy (non-hydrogen) atoms. The van der Waals surface area contributed by atoms with Crippen LogP contribution < -0.4 is 9.46 Å². The van der Waals surface area contributed by atoms with Crippen LogP contribution in [0.2, 0.25) is 0 Å². The number of aliphatic carboxylic acids is 1. The van der Waals surface area contributed by atoms with E-state index in [4.69, 9.17) is 9.84 Å². The molecule has 0 radical (unpaired) electrons. The second kappa shape index (κ2) is 8.40. The Kier molecular flexibility index (Phi) is 6.45. The zero-order valence-electron chi connectivity index (χ0n) is 13.9. The summed E-state index contributed by atoms with van der Waals surface area (Å²) in [5, 5.41) is 8.52. The lowest BCUT2D eigenvalue weighted by Crippen LogP contribution is -2.26. The monoisotopic (exact) mass is 403 g/mol. The van der Waals surface area contributed by atoms with Crippen molar-refractivity contribution in [3.8, 4) is 5.75 Å². The number of benzene rings is 2. The van der Waals surface area contributed by atoms with Gasteiger partial charge in [0.1, 0.15) is 5.75 Å². The predicted molar refractivity (Wildman–Crippen MR) is 89.9 cm³/mol. The molecule has 0 aromatic heterocycles. The number of nitrogens with one attached hydrogen (secondary N) is 1. The lowest BCUT2D eigenvalue weighted by molar-refractivity contribution is -0.139. The van der Waals surface area contributed by atoms with Crippen LogP contribution in [-0.2, 0) is 27.4 Å². The van der Waals surface area contributed by atoms with Crippen LogP contribution in [-0.4, -0.2) is 32.6 Å². The molecule has 0 saturated heterocycles. The zero-order valence-corrected chi connectivity index (χ0v) is 14.7. The summed E-state index contributed by atoms with van der Waals surface area (Å²) in [6.45, 7) is -0.426. The summed E-state index contributed by atoms with van der Waals surface area (Å²) >= 11 is 0. The number of alkyl halides is 3. The van der Waals surface area contributed by atoms with Gasteiger partial charge in [-0.15, -0.1) is 0 Å². The Morgan fingerprint density at radius 3 is 2.15 bits per heavy atom. The maximum Gasteiger partial charge on any atom is 0.416 e. The van der Waals surface area contributed by atoms with Crippen LogP contribution in [0.25, 0.3) is 0 Å². The van der Waals surface area contributed by atoms with Crippen molar-refractivity contribution in [2.45, 2.75) is 17.5 Å². The molecule has 0 amide bonds. The highest BCUT2D eigenvalue weighted by Crippen LogP contribution is 2.29. The van der Waals surface area contributed by atoms with Gasteiger partial charge in [-0.05, 0) is 48.4 Å². The molecule has 0 saturated carbocycles. The first-order valence-electron chi connectivity index (χ1n) is 7.68. The minimum absolute atomic E-state index is 0.0404. The molecule has 2 N–H and O–H groups in total. The molecule has 6 nitrogen and oxygen atoms in total. The first-order chi connectivity index (χ1) is 12.6. The van der Waals surface area contributed by atoms with Gasteiger partial charge in [-0.1, -0.05) is 12.1 Å². The van der Waals surface area contributed by atoms with E-state index in [1.165, 1.54) is 0 Å². The fourth-order valence-corrected chi connectivity index (χ4v) is 3.17. The van der Waals surface area contributed by atoms with Crippen LogP contribution >= 0.6 is 0 Å². The summed E-state index contributed by atoms with van der Waals surface area (Å²) in [6, 6.07) is 9.66. The molecule has 0 unspecified atom stereocenters. The number of halogens is 3. The molecular formula is C17H16F3NO5S. The van der Waals surface area contributed by atoms with Gasteiger partial charge in [-0.2, -0.15) is 13.2 Å². The van der Waals surface area contributed by atoms with Gasteiger partial charge in [0.15, 0.2) is 6.61 Å². The standard InChI is InChI=1S/C17H16F3NO5S/c18-17(19,20)13-3-7-15(8-4-13)27(24,25)21-10-9-12-1-5-14(6-2-12)26-11-16(22)23/h1-8,21H,9-11H2,(H,22,23). The van der Waals surface area contributed by atoms with Gasteiger partial charge in [0.2, 0.25) is 10.0 Å². The molecule has 0 atom stereocenters. The molecule has 0 aliphatic carbocycles. The van der Waals surface area contributed by atoms with E-state index >= 15 is 0 Å². The summed E-state index contributed by atoms with van der Waals surface area (Å²) in [4.78, 5) is 10.2. The molecule has 0 heterocycles. The lowest BCUT2D eigenvalue weighted by Gasteiger charge is -2.10. The van der Waals surface area contributed by atoms with Crippen molar-refractivity contribution in [3.63, 3.8) is 0 Å². The van der Waals surface area contributed by atoms with E-state index < -0.39 is 34.3 Å². The molecule has 146 valence electrons. The van der Waals surface area contributed by atoms with Gasteiger partial charge < -0.3 is 9.84 Å². The quantitative estimate of drug-likeness (QED) is 0.707. The second-order valence-corrected chi connectivity index (χ2v) is 7.26. The van der Waals surface area contributed by atoms with Crippen molar-refractivity contribution in [3.05, 3.63) is 59.7 Å².